The number of benzene rings is 2. The second kappa shape index (κ2) is 9.38. The normalized spacial score (nSPS) is 13.3. The molecule has 2 aliphatic rings. The van der Waals surface area contributed by atoms with Crippen LogP contribution in [0.2, 0.25) is 0 Å². The summed E-state index contributed by atoms with van der Waals surface area (Å²) in [6.07, 6.45) is 3.05. The van der Waals surface area contributed by atoms with Crippen molar-refractivity contribution in [3.63, 3.8) is 0 Å². The molecule has 3 heterocycles. The van der Waals surface area contributed by atoms with Crippen molar-refractivity contribution in [2.75, 3.05) is 30.0 Å². The Bertz CT molecular complexity index is 1250. The minimum absolute atomic E-state index is 0.140. The summed E-state index contributed by atoms with van der Waals surface area (Å²) in [4.78, 5) is 24.4. The number of thioether (sulfide) groups is 1. The number of rotatable bonds is 7. The van der Waals surface area contributed by atoms with E-state index in [4.69, 9.17) is 18.9 Å². The minimum Gasteiger partial charge on any atom is -0.454 e. The number of anilines is 2. The van der Waals surface area contributed by atoms with E-state index >= 15 is 0 Å². The second-order valence-electron chi connectivity index (χ2n) is 6.71. The lowest BCUT2D eigenvalue weighted by Crippen LogP contribution is -2.13. The Hall–Kier alpha value is -3.77. The van der Waals surface area contributed by atoms with Gasteiger partial charge in [-0.05, 0) is 35.9 Å². The van der Waals surface area contributed by atoms with Crippen LogP contribution in [0.15, 0.2) is 46.8 Å². The number of ether oxygens (including phenoxy) is 4. The molecule has 0 radical (unpaired) electrons. The number of aromatic nitrogens is 2. The van der Waals surface area contributed by atoms with Crippen LogP contribution < -0.4 is 29.6 Å². The van der Waals surface area contributed by atoms with Gasteiger partial charge in [0.2, 0.25) is 30.5 Å². The molecular weight excluding hydrogens is 468 g/mol. The minimum atomic E-state index is -0.346. The highest BCUT2D eigenvalue weighted by Crippen LogP contribution is 2.35. The highest BCUT2D eigenvalue weighted by molar-refractivity contribution is 8.01. The van der Waals surface area contributed by atoms with Crippen LogP contribution in [-0.4, -0.2) is 41.4 Å². The van der Waals surface area contributed by atoms with E-state index in [0.29, 0.717) is 38.2 Å². The van der Waals surface area contributed by atoms with E-state index in [0.717, 1.165) is 5.56 Å². The lowest BCUT2D eigenvalue weighted by molar-refractivity contribution is -0.114. The summed E-state index contributed by atoms with van der Waals surface area (Å²) < 4.78 is 21.7. The average molecular weight is 485 g/mol. The van der Waals surface area contributed by atoms with Gasteiger partial charge in [0.25, 0.3) is 0 Å². The van der Waals surface area contributed by atoms with E-state index in [9.17, 15) is 9.59 Å². The Morgan fingerprint density at radius 2 is 1.67 bits per heavy atom. The zero-order valence-electron chi connectivity index (χ0n) is 16.9. The summed E-state index contributed by atoms with van der Waals surface area (Å²) in [7, 11) is 0. The Morgan fingerprint density at radius 1 is 0.939 bits per heavy atom. The largest absolute Gasteiger partial charge is 0.454 e. The molecule has 3 aromatic rings. The van der Waals surface area contributed by atoms with Crippen molar-refractivity contribution in [1.82, 2.24) is 10.2 Å². The van der Waals surface area contributed by atoms with Gasteiger partial charge in [-0.25, -0.2) is 0 Å². The van der Waals surface area contributed by atoms with Crippen molar-refractivity contribution in [2.45, 2.75) is 4.34 Å². The quantitative estimate of drug-likeness (QED) is 0.295. The van der Waals surface area contributed by atoms with Crippen LogP contribution in [0.25, 0.3) is 6.08 Å². The third-order valence-electron chi connectivity index (χ3n) is 4.44. The van der Waals surface area contributed by atoms with Crippen LogP contribution in [-0.2, 0) is 9.59 Å². The summed E-state index contributed by atoms with van der Waals surface area (Å²) in [5.41, 5.74) is 1.42. The number of fused-ring (bicyclic) bond motifs is 2. The topological polar surface area (TPSA) is 121 Å². The molecule has 0 atom stereocenters. The van der Waals surface area contributed by atoms with Crippen molar-refractivity contribution >= 4 is 51.8 Å². The number of nitrogens with one attached hydrogen (secondary N) is 2. The smallest absolute Gasteiger partial charge is 0.250 e. The summed E-state index contributed by atoms with van der Waals surface area (Å²) in [5, 5.41) is 13.7. The van der Waals surface area contributed by atoms with E-state index < -0.39 is 0 Å². The maximum Gasteiger partial charge on any atom is 0.250 e. The maximum absolute atomic E-state index is 12.2. The molecule has 2 aromatic carbocycles. The van der Waals surface area contributed by atoms with Crippen LogP contribution in [0.3, 0.4) is 0 Å². The molecule has 12 heteroatoms. The highest BCUT2D eigenvalue weighted by Gasteiger charge is 2.15. The van der Waals surface area contributed by atoms with Gasteiger partial charge in [-0.2, -0.15) is 0 Å². The van der Waals surface area contributed by atoms with Gasteiger partial charge in [-0.1, -0.05) is 29.2 Å². The Kier molecular flexibility index (Phi) is 6.00. The zero-order chi connectivity index (χ0) is 22.6. The van der Waals surface area contributed by atoms with Crippen LogP contribution in [0.5, 0.6) is 23.0 Å². The molecule has 0 spiro atoms. The first-order chi connectivity index (χ1) is 16.1. The lowest BCUT2D eigenvalue weighted by Gasteiger charge is -2.05. The first-order valence-corrected chi connectivity index (χ1v) is 11.5. The predicted molar refractivity (Wildman–Crippen MR) is 122 cm³/mol. The standard InChI is InChI=1S/C21H16N4O6S2/c26-18(6-2-12-1-4-14-16(7-12)30-10-28-14)23-20-24-25-21(33-20)32-9-19(27)22-13-3-5-15-17(8-13)31-11-29-15/h1-8H,9-11H2,(H,22,27)(H,23,24,26)/b6-2+. The average Bonchev–Trinajstić information content (AvgIpc) is 3.56. The van der Waals surface area contributed by atoms with Crippen molar-refractivity contribution in [1.29, 1.82) is 0 Å². The van der Waals surface area contributed by atoms with Crippen molar-refractivity contribution in [3.8, 4) is 23.0 Å². The molecule has 5 rings (SSSR count). The SMILES string of the molecule is O=C(/C=C/c1ccc2c(c1)OCO2)Nc1nnc(SCC(=O)Nc2ccc3c(c2)OCO3)s1. The molecule has 0 unspecified atom stereocenters. The fourth-order valence-corrected chi connectivity index (χ4v) is 4.51. The molecule has 0 aliphatic carbocycles. The van der Waals surface area contributed by atoms with Crippen LogP contribution in [0.4, 0.5) is 10.8 Å². The molecule has 0 fully saturated rings. The first kappa shape index (κ1) is 21.1. The molecule has 0 saturated heterocycles. The Labute approximate surface area is 195 Å². The van der Waals surface area contributed by atoms with Gasteiger partial charge in [-0.15, -0.1) is 10.2 Å². The van der Waals surface area contributed by atoms with E-state index in [1.807, 2.05) is 6.07 Å². The molecule has 2 amide bonds. The third kappa shape index (κ3) is 5.18. The predicted octanol–water partition coefficient (Wildman–Crippen LogP) is 3.38. The highest BCUT2D eigenvalue weighted by atomic mass is 32.2. The van der Waals surface area contributed by atoms with Gasteiger partial charge < -0.3 is 24.3 Å². The second-order valence-corrected chi connectivity index (χ2v) is 8.91. The van der Waals surface area contributed by atoms with Crippen molar-refractivity contribution in [3.05, 3.63) is 48.0 Å². The number of nitrogens with zero attached hydrogens (tertiary/aromatic N) is 2. The van der Waals surface area contributed by atoms with E-state index in [-0.39, 0.29) is 31.2 Å². The summed E-state index contributed by atoms with van der Waals surface area (Å²) in [5.74, 6) is 2.16. The van der Waals surface area contributed by atoms with E-state index in [1.165, 1.54) is 29.2 Å². The fraction of sp³-hybridized carbons (Fsp3) is 0.143. The third-order valence-corrected chi connectivity index (χ3v) is 6.42. The summed E-state index contributed by atoms with van der Waals surface area (Å²) >= 11 is 2.41. The number of hydrogen-bond acceptors (Lipinski definition) is 10. The molecule has 168 valence electrons. The van der Waals surface area contributed by atoms with Gasteiger partial charge in [-0.3, -0.25) is 14.9 Å². The molecule has 2 aliphatic heterocycles. The molecule has 2 N–H and O–H groups in total. The van der Waals surface area contributed by atoms with Gasteiger partial charge in [0.15, 0.2) is 27.3 Å². The molecule has 1 aromatic heterocycles. The van der Waals surface area contributed by atoms with Gasteiger partial charge in [0.1, 0.15) is 0 Å². The number of carbonyl (C=O) groups excluding carboxylic acids is 2. The molecule has 0 bridgehead atoms. The van der Waals surface area contributed by atoms with Gasteiger partial charge in [0.05, 0.1) is 5.75 Å². The van der Waals surface area contributed by atoms with Gasteiger partial charge in [0, 0.05) is 17.8 Å². The van der Waals surface area contributed by atoms with Crippen LogP contribution in [0.1, 0.15) is 5.56 Å². The maximum atomic E-state index is 12.2. The van der Waals surface area contributed by atoms with Gasteiger partial charge >= 0.3 is 0 Å². The van der Waals surface area contributed by atoms with E-state index in [1.54, 1.807) is 36.4 Å². The first-order valence-electron chi connectivity index (χ1n) is 9.67. The molecule has 33 heavy (non-hydrogen) atoms. The van der Waals surface area contributed by atoms with Crippen molar-refractivity contribution in [2.24, 2.45) is 0 Å². The number of hydrogen-bond donors (Lipinski definition) is 2. The van der Waals surface area contributed by atoms with E-state index in [2.05, 4.69) is 20.8 Å². The fourth-order valence-electron chi connectivity index (χ4n) is 2.95. The van der Waals surface area contributed by atoms with Crippen LogP contribution in [0, 0.1) is 0 Å². The molecular formula is C21H16N4O6S2. The Morgan fingerprint density at radius 3 is 2.48 bits per heavy atom. The number of amides is 2. The zero-order valence-corrected chi connectivity index (χ0v) is 18.5. The summed E-state index contributed by atoms with van der Waals surface area (Å²) in [6, 6.07) is 10.6. The summed E-state index contributed by atoms with van der Waals surface area (Å²) in [6.45, 7) is 0.368. The number of carbonyl (C=O) groups is 2. The van der Waals surface area contributed by atoms with Crippen molar-refractivity contribution < 1.29 is 28.5 Å². The molecule has 0 saturated carbocycles. The monoisotopic (exact) mass is 484 g/mol. The van der Waals surface area contributed by atoms with Crippen LogP contribution >= 0.6 is 23.1 Å². The Balaban J connectivity index is 1.09. The lowest BCUT2D eigenvalue weighted by atomic mass is 10.2. The molecule has 10 nitrogen and oxygen atoms in total.